The van der Waals surface area contributed by atoms with Gasteiger partial charge in [-0.15, -0.1) is 0 Å². The zero-order chi connectivity index (χ0) is 19.2. The van der Waals surface area contributed by atoms with E-state index in [2.05, 4.69) is 15.3 Å². The van der Waals surface area contributed by atoms with Gasteiger partial charge in [0.2, 0.25) is 11.5 Å². The average molecular weight is 365 g/mol. The molecule has 10 nitrogen and oxygen atoms in total. The van der Waals surface area contributed by atoms with E-state index in [4.69, 9.17) is 19.7 Å². The minimum atomic E-state index is -0.583. The highest BCUT2D eigenvalue weighted by Crippen LogP contribution is 2.32. The van der Waals surface area contributed by atoms with Crippen molar-refractivity contribution in [1.29, 1.82) is 5.26 Å². The van der Waals surface area contributed by atoms with Crippen LogP contribution in [0.25, 0.3) is 11.4 Å². The van der Waals surface area contributed by atoms with Crippen molar-refractivity contribution in [3.63, 3.8) is 0 Å². The second-order valence-electron chi connectivity index (χ2n) is 5.20. The van der Waals surface area contributed by atoms with Crippen LogP contribution in [0.5, 0.6) is 5.75 Å². The minimum Gasteiger partial charge on any atom is -0.482 e. The number of hydrogen-bond acceptors (Lipinski definition) is 9. The molecule has 0 unspecified atom stereocenters. The van der Waals surface area contributed by atoms with Gasteiger partial charge < -0.3 is 14.5 Å². The fourth-order valence-electron chi connectivity index (χ4n) is 2.21. The summed E-state index contributed by atoms with van der Waals surface area (Å²) in [6, 6.07) is 15.0. The lowest BCUT2D eigenvalue weighted by molar-refractivity contribution is -0.385. The molecule has 0 aliphatic rings. The van der Waals surface area contributed by atoms with E-state index in [0.29, 0.717) is 0 Å². The molecule has 1 aromatic heterocycles. The Kier molecular flexibility index (Phi) is 5.04. The van der Waals surface area contributed by atoms with E-state index in [0.717, 1.165) is 5.56 Å². The van der Waals surface area contributed by atoms with Crippen LogP contribution in [0.2, 0.25) is 0 Å². The van der Waals surface area contributed by atoms with E-state index in [1.807, 2.05) is 30.3 Å². The number of rotatable bonds is 6. The Labute approximate surface area is 152 Å². The number of nitriles is 1. The number of nitro benzene ring substituents is 1. The summed E-state index contributed by atoms with van der Waals surface area (Å²) in [5, 5.41) is 35.2. The quantitative estimate of drug-likeness (QED) is 0.303. The molecule has 0 amide bonds. The molecule has 3 rings (SSSR count). The van der Waals surface area contributed by atoms with Crippen molar-refractivity contribution in [2.45, 2.75) is 6.61 Å². The maximum absolute atomic E-state index is 11.4. The van der Waals surface area contributed by atoms with Crippen molar-refractivity contribution in [2.24, 2.45) is 5.16 Å². The number of nitrogens with zero attached hydrogens (tertiary/aromatic N) is 5. The number of nitro groups is 1. The third-order valence-electron chi connectivity index (χ3n) is 3.49. The van der Waals surface area contributed by atoms with Gasteiger partial charge in [-0.2, -0.15) is 10.2 Å². The summed E-state index contributed by atoms with van der Waals surface area (Å²) in [5.74, 6) is -0.216. The molecule has 0 radical (unpaired) electrons. The molecule has 0 atom stereocenters. The van der Waals surface area contributed by atoms with Crippen LogP contribution in [-0.2, 0) is 6.61 Å². The molecular weight excluding hydrogens is 354 g/mol. The van der Waals surface area contributed by atoms with Crippen LogP contribution in [0.15, 0.2) is 58.2 Å². The van der Waals surface area contributed by atoms with E-state index in [1.54, 1.807) is 6.07 Å². The first-order valence-electron chi connectivity index (χ1n) is 7.54. The van der Waals surface area contributed by atoms with Crippen LogP contribution in [-0.4, -0.2) is 26.0 Å². The normalized spacial score (nSPS) is 11.0. The van der Waals surface area contributed by atoms with Gasteiger partial charge in [-0.05, 0) is 17.7 Å². The third-order valence-corrected chi connectivity index (χ3v) is 3.49. The van der Waals surface area contributed by atoms with Gasteiger partial charge in [0, 0.05) is 11.6 Å². The van der Waals surface area contributed by atoms with Crippen LogP contribution in [0, 0.1) is 21.4 Å². The second kappa shape index (κ2) is 7.75. The molecule has 3 aromatic rings. The zero-order valence-corrected chi connectivity index (χ0v) is 13.6. The van der Waals surface area contributed by atoms with Crippen molar-refractivity contribution in [2.75, 3.05) is 0 Å². The van der Waals surface area contributed by atoms with E-state index in [9.17, 15) is 10.1 Å². The molecule has 27 heavy (non-hydrogen) atoms. The van der Waals surface area contributed by atoms with Crippen molar-refractivity contribution < 1.29 is 19.4 Å². The third kappa shape index (κ3) is 3.88. The smallest absolute Gasteiger partial charge is 0.311 e. The van der Waals surface area contributed by atoms with Gasteiger partial charge in [-0.3, -0.25) is 10.1 Å². The van der Waals surface area contributed by atoms with Crippen LogP contribution in [0.1, 0.15) is 11.5 Å². The zero-order valence-electron chi connectivity index (χ0n) is 13.6. The number of ether oxygens (including phenoxy) is 1. The highest BCUT2D eigenvalue weighted by atomic mass is 16.6. The van der Waals surface area contributed by atoms with Crippen LogP contribution < -0.4 is 4.74 Å². The minimum absolute atomic E-state index is 0.000825. The summed E-state index contributed by atoms with van der Waals surface area (Å²) in [7, 11) is 0. The summed E-state index contributed by atoms with van der Waals surface area (Å²) in [6.07, 6.45) is 0. The molecule has 2 aromatic carbocycles. The fourth-order valence-corrected chi connectivity index (χ4v) is 2.21. The molecule has 0 spiro atoms. The van der Waals surface area contributed by atoms with Gasteiger partial charge in [-0.1, -0.05) is 40.6 Å². The predicted octanol–water partition coefficient (Wildman–Crippen LogP) is 2.93. The number of oxime groups is 1. The van der Waals surface area contributed by atoms with Gasteiger partial charge in [0.15, 0.2) is 5.75 Å². The monoisotopic (exact) mass is 365 g/mol. The number of hydrogen-bond donors (Lipinski definition) is 1. The summed E-state index contributed by atoms with van der Waals surface area (Å²) >= 11 is 0. The van der Waals surface area contributed by atoms with E-state index >= 15 is 0 Å². The highest BCUT2D eigenvalue weighted by Gasteiger charge is 2.20. The van der Waals surface area contributed by atoms with Gasteiger partial charge >= 0.3 is 5.69 Å². The molecule has 10 heteroatoms. The topological polar surface area (TPSA) is 148 Å². The van der Waals surface area contributed by atoms with E-state index in [-0.39, 0.29) is 35.3 Å². The van der Waals surface area contributed by atoms with Crippen molar-refractivity contribution in [3.8, 4) is 23.2 Å². The molecule has 1 heterocycles. The number of aromatic nitrogens is 2. The van der Waals surface area contributed by atoms with E-state index < -0.39 is 10.6 Å². The maximum atomic E-state index is 11.4. The van der Waals surface area contributed by atoms with Crippen molar-refractivity contribution >= 4 is 11.4 Å². The molecular formula is C17H11N5O5. The average Bonchev–Trinajstić information content (AvgIpc) is 3.18. The molecule has 0 bridgehead atoms. The van der Waals surface area contributed by atoms with Gasteiger partial charge in [-0.25, -0.2) is 0 Å². The molecule has 0 saturated heterocycles. The van der Waals surface area contributed by atoms with Gasteiger partial charge in [0.1, 0.15) is 12.7 Å². The lowest BCUT2D eigenvalue weighted by Gasteiger charge is -2.07. The largest absolute Gasteiger partial charge is 0.482 e. The molecule has 0 fully saturated rings. The first kappa shape index (κ1) is 17.6. The summed E-state index contributed by atoms with van der Waals surface area (Å²) in [6.45, 7) is 0.172. The summed E-state index contributed by atoms with van der Waals surface area (Å²) < 4.78 is 10.4. The fraction of sp³-hybridized carbons (Fsp3) is 0.0588. The van der Waals surface area contributed by atoms with Crippen LogP contribution in [0.4, 0.5) is 5.69 Å². The number of benzene rings is 2. The maximum Gasteiger partial charge on any atom is 0.311 e. The predicted molar refractivity (Wildman–Crippen MR) is 91.1 cm³/mol. The Balaban J connectivity index is 1.88. The Morgan fingerprint density at radius 1 is 1.33 bits per heavy atom. The first-order valence-corrected chi connectivity index (χ1v) is 7.54. The summed E-state index contributed by atoms with van der Waals surface area (Å²) in [4.78, 5) is 14.7. The molecule has 134 valence electrons. The first-order chi connectivity index (χ1) is 13.1. The van der Waals surface area contributed by atoms with Gasteiger partial charge in [0.05, 0.1) is 4.92 Å². The second-order valence-corrected chi connectivity index (χ2v) is 5.20. The molecule has 0 aliphatic carbocycles. The Bertz CT molecular complexity index is 1040. The van der Waals surface area contributed by atoms with Crippen molar-refractivity contribution in [1.82, 2.24) is 10.1 Å². The molecule has 0 aliphatic heterocycles. The Morgan fingerprint density at radius 2 is 2.11 bits per heavy atom. The molecule has 0 saturated carbocycles. The Morgan fingerprint density at radius 3 is 2.78 bits per heavy atom. The standard InChI is InChI=1S/C17H11N5O5/c18-9-13(20-23)17-19-16(21-27-17)12-6-7-15(14(8-12)22(24)25)26-10-11-4-2-1-3-5-11/h1-8,23H,10H2. The lowest BCUT2D eigenvalue weighted by atomic mass is 10.1. The lowest BCUT2D eigenvalue weighted by Crippen LogP contribution is -2.00. The summed E-state index contributed by atoms with van der Waals surface area (Å²) in [5.41, 5.74) is 0.405. The van der Waals surface area contributed by atoms with E-state index in [1.165, 1.54) is 18.2 Å². The SMILES string of the molecule is N#CC(=NO)c1nc(-c2ccc(OCc3ccccc3)c([N+](=O)[O-])c2)no1. The van der Waals surface area contributed by atoms with Crippen LogP contribution >= 0.6 is 0 Å². The Hall–Kier alpha value is -4.26. The molecule has 1 N–H and O–H groups in total. The van der Waals surface area contributed by atoms with Crippen molar-refractivity contribution in [3.05, 3.63) is 70.1 Å². The van der Waals surface area contributed by atoms with Gasteiger partial charge in [0.25, 0.3) is 5.89 Å². The van der Waals surface area contributed by atoms with Crippen LogP contribution in [0.3, 0.4) is 0 Å². The highest BCUT2D eigenvalue weighted by molar-refractivity contribution is 6.08.